The zero-order valence-electron chi connectivity index (χ0n) is 58.0. The van der Waals surface area contributed by atoms with Crippen molar-refractivity contribution < 1.29 is 106 Å². The Labute approximate surface area is 613 Å². The van der Waals surface area contributed by atoms with Crippen LogP contribution in [0.3, 0.4) is 0 Å². The van der Waals surface area contributed by atoms with Crippen LogP contribution in [0, 0.1) is 5.92 Å². The van der Waals surface area contributed by atoms with E-state index < -0.39 is 17.5 Å². The number of hydrogen-bond acceptors (Lipinski definition) is 16. The number of rotatable bonds is 21. The number of Topliss-reactive ketones (excluding diaryl/α,β-unsaturated/α-hetero) is 1. The van der Waals surface area contributed by atoms with Crippen molar-refractivity contribution >= 4 is 69.6 Å². The minimum atomic E-state index is -1.11. The maximum Gasteiger partial charge on any atom is 1.00 e. The summed E-state index contributed by atoms with van der Waals surface area (Å²) in [4.78, 5) is 45.4. The van der Waals surface area contributed by atoms with Gasteiger partial charge in [0.15, 0.2) is 5.78 Å². The maximum absolute atomic E-state index is 13.1. The van der Waals surface area contributed by atoms with Crippen LogP contribution in [0.5, 0.6) is 17.2 Å². The van der Waals surface area contributed by atoms with Crippen LogP contribution >= 0.6 is 34.8 Å². The first-order valence-corrected chi connectivity index (χ1v) is 31.9. The van der Waals surface area contributed by atoms with Gasteiger partial charge in [-0.2, -0.15) is 0 Å². The van der Waals surface area contributed by atoms with E-state index in [1.807, 2.05) is 55.6 Å². The molecule has 2 heterocycles. The molecule has 0 amide bonds. The van der Waals surface area contributed by atoms with Gasteiger partial charge in [-0.25, -0.2) is 19.6 Å². The maximum atomic E-state index is 13.1. The number of halogens is 3. The fourth-order valence-electron chi connectivity index (χ4n) is 9.66. The van der Waals surface area contributed by atoms with E-state index in [1.165, 1.54) is 17.7 Å². The minimum Gasteiger partial charge on any atom is -0.870 e. The zero-order valence-corrected chi connectivity index (χ0v) is 63.3. The van der Waals surface area contributed by atoms with Gasteiger partial charge in [0.1, 0.15) is 49.6 Å². The second-order valence-corrected chi connectivity index (χ2v) is 27.7. The number of benzene rings is 5. The average Bonchev–Trinajstić information content (AvgIpc) is 1.41. The van der Waals surface area contributed by atoms with Crippen molar-refractivity contribution in [3.63, 3.8) is 0 Å². The Morgan fingerprint density at radius 2 is 0.894 bits per heavy atom. The van der Waals surface area contributed by atoms with Crippen molar-refractivity contribution in [1.29, 1.82) is 0 Å². The van der Waals surface area contributed by atoms with E-state index in [0.717, 1.165) is 46.1 Å². The Hall–Kier alpha value is -5.72. The summed E-state index contributed by atoms with van der Waals surface area (Å²) in [7, 11) is 4.06. The number of nitrogens with two attached hydrogens (primary N) is 4. The fraction of sp³-hybridized carbons (Fsp3) is 0.451. The zero-order chi connectivity index (χ0) is 69.3. The third-order valence-corrected chi connectivity index (χ3v) is 15.0. The van der Waals surface area contributed by atoms with Crippen LogP contribution in [-0.2, 0) is 42.5 Å². The number of ether oxygens (including phenoxy) is 4. The second kappa shape index (κ2) is 37.7. The van der Waals surface area contributed by atoms with Gasteiger partial charge in [0.05, 0.1) is 57.9 Å². The first-order valence-electron chi connectivity index (χ1n) is 30.7. The molecule has 7 aromatic rings. The SMILES string of the molecule is CC(C)Oc1ccc(C(=O)C[C@H](CCO)Cc2ccc(-c3cn(C)c(C(C)(C)C)n3)cc2)c(N)c1Cl.CC(C)Oc1ccc(C(=O)O)c(N)c1Cl.CC(C)Oc1ccc(C(=O)OC(C)(C)C)c(N)c1Cl.Cn1cc(-c2ccc(C[C@H](N)CCO)cc2)nc1C(C)(C)C.[K+].[OH-]. The second-order valence-electron chi connectivity index (χ2n) is 26.5. The quantitative estimate of drug-likeness (QED) is 0.0152. The molecule has 0 radical (unpaired) electrons. The van der Waals surface area contributed by atoms with Crippen molar-refractivity contribution in [2.24, 2.45) is 25.7 Å². The summed E-state index contributed by atoms with van der Waals surface area (Å²) in [5.41, 5.74) is 30.4. The average molecular weight is 1390 g/mol. The topological polar surface area (TPSA) is 319 Å². The number of hydrogen-bond donors (Lipinski definition) is 7. The molecule has 7 rings (SSSR count). The summed E-state index contributed by atoms with van der Waals surface area (Å²) >= 11 is 18.3. The number of esters is 1. The van der Waals surface area contributed by atoms with Crippen LogP contribution in [0.25, 0.3) is 22.5 Å². The number of aliphatic hydroxyl groups is 2. The van der Waals surface area contributed by atoms with Crippen molar-refractivity contribution in [3.05, 3.63) is 152 Å². The van der Waals surface area contributed by atoms with E-state index in [1.54, 1.807) is 45.0 Å². The summed E-state index contributed by atoms with van der Waals surface area (Å²) in [5.74, 6) is 1.71. The van der Waals surface area contributed by atoms with Gasteiger partial charge in [0.2, 0.25) is 0 Å². The summed E-state index contributed by atoms with van der Waals surface area (Å²) < 4.78 is 26.0. The van der Waals surface area contributed by atoms with E-state index in [0.29, 0.717) is 42.1 Å². The molecule has 94 heavy (non-hydrogen) atoms. The molecule has 12 N–H and O–H groups in total. The first kappa shape index (κ1) is 84.4. The predicted molar refractivity (Wildman–Crippen MR) is 375 cm³/mol. The normalized spacial score (nSPS) is 12.0. The molecule has 5 aromatic carbocycles. The van der Waals surface area contributed by atoms with Gasteiger partial charge in [-0.15, -0.1) is 0 Å². The molecule has 0 saturated heterocycles. The van der Waals surface area contributed by atoms with Gasteiger partial charge in [0, 0.05) is 79.7 Å². The number of nitrogens with zero attached hydrogens (tertiary/aromatic N) is 4. The molecule has 0 bridgehead atoms. The molecule has 19 nitrogen and oxygen atoms in total. The van der Waals surface area contributed by atoms with Crippen LogP contribution < -0.4 is 88.5 Å². The van der Waals surface area contributed by atoms with Crippen molar-refractivity contribution in [1.82, 2.24) is 19.1 Å². The Morgan fingerprint density at radius 3 is 1.23 bits per heavy atom. The van der Waals surface area contributed by atoms with Crippen molar-refractivity contribution in [2.75, 3.05) is 30.4 Å². The Morgan fingerprint density at radius 1 is 0.543 bits per heavy atom. The molecule has 2 aromatic heterocycles. The van der Waals surface area contributed by atoms with Crippen LogP contribution in [0.2, 0.25) is 15.1 Å². The fourth-order valence-corrected chi connectivity index (χ4v) is 10.3. The summed E-state index contributed by atoms with van der Waals surface area (Å²) in [5, 5.41) is 27.9. The molecule has 510 valence electrons. The van der Waals surface area contributed by atoms with Gasteiger partial charge in [-0.1, -0.05) is 125 Å². The standard InChI is InChI=1S/C29H38ClN3O3.C18H27N3O.C14H20ClNO3.C10H12ClNO3.K.H2O/c1-18(2)36-25-12-11-22(27(31)26(25)30)24(35)16-20(13-14-34)15-19-7-9-21(10-8-19)23-17-33(6)28(32-23)29(3,4)5;1-18(2,3)17-20-16(12-21(17)4)14-7-5-13(6-8-14)11-15(19)9-10-22;1-8(2)18-10-7-6-9(12(16)11(10)15)13(17)19-14(3,4)5;1-5(2)15-7-4-3-6(10(13)14)9(12)8(7)11;;/h7-12,17-18,20,34H,13-16,31H2,1-6H3;5-8,12,15,22H,9-11,19H2,1-4H3;6-8H,16H2,1-5H3;3-5H,12H2,1-2H3,(H,13,14);;1H2/q;;;;+1;/p-1/t20-;15-;;;;/m11..../s1. The molecule has 0 aliphatic heterocycles. The number of carbonyl (C=O) groups excluding carboxylic acids is 2. The van der Waals surface area contributed by atoms with E-state index >= 15 is 0 Å². The summed E-state index contributed by atoms with van der Waals surface area (Å²) in [6.45, 7) is 29.8. The number of aryl methyl sites for hydroxylation is 2. The van der Waals surface area contributed by atoms with Crippen molar-refractivity contribution in [3.8, 4) is 39.8 Å². The third-order valence-electron chi connectivity index (χ3n) is 13.8. The number of carboxylic acid groups (broad SMARTS) is 1. The van der Waals surface area contributed by atoms with Gasteiger partial charge >= 0.3 is 63.3 Å². The molecule has 0 fully saturated rings. The number of imidazole rings is 2. The largest absolute Gasteiger partial charge is 1.00 e. The molecule has 0 aliphatic carbocycles. The number of carbonyl (C=O) groups is 3. The molecule has 0 unspecified atom stereocenters. The molecular weight excluding hydrogens is 1290 g/mol. The number of ketones is 1. The third kappa shape index (κ3) is 25.7. The smallest absolute Gasteiger partial charge is 0.870 e. The molecule has 0 spiro atoms. The van der Waals surface area contributed by atoms with Gasteiger partial charge in [-0.3, -0.25) is 4.79 Å². The Balaban J connectivity index is 0.000000449. The number of aliphatic hydroxyl groups excluding tert-OH is 2. The van der Waals surface area contributed by atoms with Crippen LogP contribution in [0.1, 0.15) is 177 Å². The van der Waals surface area contributed by atoms with E-state index in [2.05, 4.69) is 112 Å². The Kier molecular flexibility index (Phi) is 33.8. The number of aromatic carboxylic acids is 1. The summed E-state index contributed by atoms with van der Waals surface area (Å²) in [6, 6.07) is 26.1. The molecular formula is C71H98Cl3KN8O11. The molecule has 23 heteroatoms. The molecule has 0 aliphatic rings. The van der Waals surface area contributed by atoms with Crippen LogP contribution in [-0.4, -0.2) is 101 Å². The monoisotopic (exact) mass is 1380 g/mol. The van der Waals surface area contributed by atoms with E-state index in [-0.39, 0.29) is 167 Å². The summed E-state index contributed by atoms with van der Waals surface area (Å²) in [6.07, 6.45) is 6.89. The minimum absolute atomic E-state index is 0. The molecule has 0 saturated carbocycles. The molecule has 2 atom stereocenters. The van der Waals surface area contributed by atoms with Gasteiger partial charge < -0.3 is 71.8 Å². The number of aromatic nitrogens is 4. The number of carboxylic acids is 1. The number of anilines is 3. The van der Waals surface area contributed by atoms with E-state index in [4.69, 9.17) is 96.9 Å². The predicted octanol–water partition coefficient (Wildman–Crippen LogP) is 11.8. The Bertz CT molecular complexity index is 3570. The first-order chi connectivity index (χ1) is 42.8. The van der Waals surface area contributed by atoms with Crippen LogP contribution in [0.4, 0.5) is 17.1 Å². The van der Waals surface area contributed by atoms with Crippen LogP contribution in [0.15, 0.2) is 97.3 Å². The number of nitrogen functional groups attached to an aromatic ring is 3. The van der Waals surface area contributed by atoms with E-state index in [9.17, 15) is 19.5 Å². The van der Waals surface area contributed by atoms with Crippen molar-refractivity contribution in [2.45, 2.75) is 177 Å². The van der Waals surface area contributed by atoms with Gasteiger partial charge in [-0.05, 0) is 141 Å². The van der Waals surface area contributed by atoms with Gasteiger partial charge in [0.25, 0.3) is 0 Å².